The first-order valence-electron chi connectivity index (χ1n) is 9.38. The van der Waals surface area contributed by atoms with Crippen molar-refractivity contribution in [2.24, 2.45) is 0 Å². The van der Waals surface area contributed by atoms with E-state index in [1.807, 2.05) is 35.0 Å². The summed E-state index contributed by atoms with van der Waals surface area (Å²) in [7, 11) is 0. The number of rotatable bonds is 4. The molecule has 0 amide bonds. The van der Waals surface area contributed by atoms with Crippen LogP contribution >= 0.6 is 0 Å². The molecule has 0 radical (unpaired) electrons. The van der Waals surface area contributed by atoms with E-state index in [2.05, 4.69) is 9.97 Å². The molecule has 0 bridgehead atoms. The van der Waals surface area contributed by atoms with E-state index < -0.39 is 29.1 Å². The average Bonchev–Trinajstić information content (AvgIpc) is 3.33. The number of nitrogens with one attached hydrogen (secondary N) is 1. The lowest BCUT2D eigenvalue weighted by Gasteiger charge is -2.13. The third-order valence-corrected chi connectivity index (χ3v) is 5.21. The van der Waals surface area contributed by atoms with Crippen molar-refractivity contribution in [3.63, 3.8) is 0 Å². The molecule has 0 fully saturated rings. The minimum absolute atomic E-state index is 0.108. The highest BCUT2D eigenvalue weighted by atomic mass is 19.1. The van der Waals surface area contributed by atoms with Crippen LogP contribution in [0.5, 0.6) is 0 Å². The first-order chi connectivity index (χ1) is 14.9. The van der Waals surface area contributed by atoms with Crippen LogP contribution in [-0.2, 0) is 6.54 Å². The van der Waals surface area contributed by atoms with Crippen LogP contribution in [0.1, 0.15) is 22.9 Å². The number of aliphatic hydroxyl groups is 1. The summed E-state index contributed by atoms with van der Waals surface area (Å²) < 4.78 is 44.7. The number of aromatic nitrogens is 4. The van der Waals surface area contributed by atoms with Crippen molar-refractivity contribution in [2.75, 3.05) is 0 Å². The molecule has 31 heavy (non-hydrogen) atoms. The lowest BCUT2D eigenvalue weighted by Crippen LogP contribution is -2.20. The van der Waals surface area contributed by atoms with Crippen LogP contribution in [0, 0.1) is 17.5 Å². The SMILES string of the molecule is O=c1c2[nH]cc(C(O)c3c(F)cc(F)cc3F)c2ccn1Cc1cn2ccccc2n1. The molecule has 2 N–H and O–H groups in total. The molecule has 0 aliphatic carbocycles. The van der Waals surface area contributed by atoms with Crippen LogP contribution in [0.2, 0.25) is 0 Å². The Labute approximate surface area is 172 Å². The second-order valence-electron chi connectivity index (χ2n) is 7.17. The van der Waals surface area contributed by atoms with Crippen LogP contribution < -0.4 is 5.56 Å². The predicted octanol–water partition coefficient (Wildman–Crippen LogP) is 3.52. The van der Waals surface area contributed by atoms with Crippen LogP contribution in [-0.4, -0.2) is 24.0 Å². The van der Waals surface area contributed by atoms with Crippen molar-refractivity contribution in [1.29, 1.82) is 0 Å². The van der Waals surface area contributed by atoms with Gasteiger partial charge in [-0.05, 0) is 18.2 Å². The van der Waals surface area contributed by atoms with Gasteiger partial charge in [0.25, 0.3) is 5.56 Å². The summed E-state index contributed by atoms with van der Waals surface area (Å²) in [6.45, 7) is 0.217. The maximum atomic E-state index is 14.1. The number of fused-ring (bicyclic) bond motifs is 2. The van der Waals surface area contributed by atoms with E-state index >= 15 is 0 Å². The highest BCUT2D eigenvalue weighted by Crippen LogP contribution is 2.31. The number of H-pyrrole nitrogens is 1. The smallest absolute Gasteiger partial charge is 0.275 e. The molecule has 4 heterocycles. The quantitative estimate of drug-likeness (QED) is 0.464. The molecule has 156 valence electrons. The second kappa shape index (κ2) is 7.13. The third-order valence-electron chi connectivity index (χ3n) is 5.21. The van der Waals surface area contributed by atoms with E-state index in [0.717, 1.165) is 5.65 Å². The van der Waals surface area contributed by atoms with Gasteiger partial charge in [-0.15, -0.1) is 0 Å². The standard InChI is InChI=1S/C22H15F3N4O2/c23-12-7-16(24)19(17(25)8-12)21(30)15-9-26-20-14(15)4-6-29(22(20)31)11-13-10-28-5-2-1-3-18(28)27-13/h1-10,21,26,30H,11H2. The molecule has 1 atom stereocenters. The fourth-order valence-electron chi connectivity index (χ4n) is 3.74. The van der Waals surface area contributed by atoms with Crippen molar-refractivity contribution in [1.82, 2.24) is 18.9 Å². The van der Waals surface area contributed by atoms with Gasteiger partial charge in [0, 0.05) is 47.9 Å². The maximum Gasteiger partial charge on any atom is 0.275 e. The summed E-state index contributed by atoms with van der Waals surface area (Å²) in [6.07, 6.45) is 4.79. The zero-order valence-electron chi connectivity index (χ0n) is 15.9. The summed E-state index contributed by atoms with van der Waals surface area (Å²) in [5.74, 6) is -3.50. The fraction of sp³-hybridized carbons (Fsp3) is 0.0909. The van der Waals surface area contributed by atoms with Crippen LogP contribution in [0.15, 0.2) is 66.0 Å². The van der Waals surface area contributed by atoms with Gasteiger partial charge in [0.05, 0.1) is 17.8 Å². The van der Waals surface area contributed by atoms with E-state index in [-0.39, 0.29) is 23.2 Å². The Morgan fingerprint density at radius 3 is 2.61 bits per heavy atom. The molecule has 9 heteroatoms. The van der Waals surface area contributed by atoms with Crippen LogP contribution in [0.25, 0.3) is 16.6 Å². The van der Waals surface area contributed by atoms with Crippen LogP contribution in [0.4, 0.5) is 13.2 Å². The summed E-state index contributed by atoms with van der Waals surface area (Å²) in [6, 6.07) is 8.15. The van der Waals surface area contributed by atoms with Crippen molar-refractivity contribution in [3.8, 4) is 0 Å². The predicted molar refractivity (Wildman–Crippen MR) is 107 cm³/mol. The number of halogens is 3. The summed E-state index contributed by atoms with van der Waals surface area (Å²) >= 11 is 0. The number of imidazole rings is 1. The first-order valence-corrected chi connectivity index (χ1v) is 9.38. The largest absolute Gasteiger partial charge is 0.383 e. The molecular weight excluding hydrogens is 409 g/mol. The van der Waals surface area contributed by atoms with Gasteiger partial charge in [-0.1, -0.05) is 6.07 Å². The molecule has 0 spiro atoms. The van der Waals surface area contributed by atoms with E-state index in [0.29, 0.717) is 23.2 Å². The number of aromatic amines is 1. The second-order valence-corrected chi connectivity index (χ2v) is 7.17. The molecular formula is C22H15F3N4O2. The Morgan fingerprint density at radius 1 is 1.10 bits per heavy atom. The minimum atomic E-state index is -1.72. The highest BCUT2D eigenvalue weighted by molar-refractivity contribution is 5.83. The van der Waals surface area contributed by atoms with Crippen molar-refractivity contribution in [3.05, 3.63) is 106 Å². The van der Waals surface area contributed by atoms with E-state index in [4.69, 9.17) is 0 Å². The molecule has 1 aromatic carbocycles. The van der Waals surface area contributed by atoms with Gasteiger partial charge < -0.3 is 19.1 Å². The number of nitrogens with zero attached hydrogens (tertiary/aromatic N) is 3. The summed E-state index contributed by atoms with van der Waals surface area (Å²) in [4.78, 5) is 20.2. The van der Waals surface area contributed by atoms with Gasteiger partial charge >= 0.3 is 0 Å². The van der Waals surface area contributed by atoms with E-state index in [1.54, 1.807) is 6.07 Å². The monoisotopic (exact) mass is 424 g/mol. The molecule has 0 saturated heterocycles. The molecule has 0 saturated carbocycles. The number of hydrogen-bond donors (Lipinski definition) is 2. The molecule has 0 aliphatic heterocycles. The lowest BCUT2D eigenvalue weighted by molar-refractivity contribution is 0.210. The van der Waals surface area contributed by atoms with Gasteiger partial charge in [-0.2, -0.15) is 0 Å². The zero-order valence-corrected chi connectivity index (χ0v) is 15.9. The van der Waals surface area contributed by atoms with Crippen molar-refractivity contribution in [2.45, 2.75) is 12.6 Å². The van der Waals surface area contributed by atoms with Gasteiger partial charge in [-0.25, -0.2) is 18.2 Å². The number of aliphatic hydroxyl groups excluding tert-OH is 1. The molecule has 1 unspecified atom stereocenters. The Balaban J connectivity index is 1.53. The first kappa shape index (κ1) is 19.1. The molecule has 0 aliphatic rings. The third kappa shape index (κ3) is 3.19. The van der Waals surface area contributed by atoms with Crippen molar-refractivity contribution < 1.29 is 18.3 Å². The Kier molecular flexibility index (Phi) is 4.40. The summed E-state index contributed by atoms with van der Waals surface area (Å²) in [5.41, 5.74) is 0.638. The summed E-state index contributed by atoms with van der Waals surface area (Å²) in [5, 5.41) is 10.9. The van der Waals surface area contributed by atoms with Gasteiger partial charge in [0.2, 0.25) is 0 Å². The molecule has 4 aromatic heterocycles. The van der Waals surface area contributed by atoms with Gasteiger partial charge in [0.1, 0.15) is 34.7 Å². The zero-order chi connectivity index (χ0) is 21.7. The number of pyridine rings is 2. The maximum absolute atomic E-state index is 14.1. The molecule has 5 rings (SSSR count). The Bertz CT molecular complexity index is 1450. The Hall–Kier alpha value is -3.85. The van der Waals surface area contributed by atoms with Gasteiger partial charge in [-0.3, -0.25) is 4.79 Å². The highest BCUT2D eigenvalue weighted by Gasteiger charge is 2.24. The molecule has 5 aromatic rings. The number of benzene rings is 1. The van der Waals surface area contributed by atoms with Gasteiger partial charge in [0.15, 0.2) is 0 Å². The lowest BCUT2D eigenvalue weighted by atomic mass is 10.00. The topological polar surface area (TPSA) is 75.3 Å². The Morgan fingerprint density at radius 2 is 1.87 bits per heavy atom. The average molecular weight is 424 g/mol. The molecule has 6 nitrogen and oxygen atoms in total. The fourth-order valence-corrected chi connectivity index (χ4v) is 3.74. The minimum Gasteiger partial charge on any atom is -0.383 e. The van der Waals surface area contributed by atoms with Crippen LogP contribution in [0.3, 0.4) is 0 Å². The van der Waals surface area contributed by atoms with E-state index in [9.17, 15) is 23.1 Å². The number of hydrogen-bond acceptors (Lipinski definition) is 3. The van der Waals surface area contributed by atoms with Crippen molar-refractivity contribution >= 4 is 16.6 Å². The normalized spacial score (nSPS) is 12.6. The van der Waals surface area contributed by atoms with E-state index in [1.165, 1.54) is 17.0 Å².